The van der Waals surface area contributed by atoms with Crippen molar-refractivity contribution in [3.05, 3.63) is 0 Å². The number of nitrogens with one attached hydrogen (secondary N) is 2. The third-order valence-electron chi connectivity index (χ3n) is 5.34. The quantitative estimate of drug-likeness (QED) is 0.553. The number of piperazine rings is 1. The first-order valence-corrected chi connectivity index (χ1v) is 9.22. The van der Waals surface area contributed by atoms with Gasteiger partial charge in [0.05, 0.1) is 0 Å². The van der Waals surface area contributed by atoms with E-state index in [1.165, 1.54) is 19.3 Å². The maximum absolute atomic E-state index is 12.2. The van der Waals surface area contributed by atoms with E-state index >= 15 is 0 Å². The van der Waals surface area contributed by atoms with Gasteiger partial charge in [0.2, 0.25) is 5.91 Å². The highest BCUT2D eigenvalue weighted by Crippen LogP contribution is 2.28. The van der Waals surface area contributed by atoms with E-state index in [-0.39, 0.29) is 0 Å². The van der Waals surface area contributed by atoms with Gasteiger partial charge in [0.1, 0.15) is 0 Å². The van der Waals surface area contributed by atoms with Gasteiger partial charge in [-0.25, -0.2) is 0 Å². The van der Waals surface area contributed by atoms with Gasteiger partial charge in [-0.05, 0) is 31.6 Å². The zero-order valence-electron chi connectivity index (χ0n) is 14.4. The van der Waals surface area contributed by atoms with Crippen molar-refractivity contribution in [2.75, 3.05) is 52.9 Å². The molecule has 0 aromatic carbocycles. The first kappa shape index (κ1) is 16.6. The minimum Gasteiger partial charge on any atom is -0.356 e. The van der Waals surface area contributed by atoms with Gasteiger partial charge in [-0.1, -0.05) is 6.42 Å². The first-order valence-electron chi connectivity index (χ1n) is 9.22. The fraction of sp³-hybridized carbons (Fsp3) is 0.882. The Bertz CT molecular complexity index is 423. The molecule has 0 radical (unpaired) electrons. The third kappa shape index (κ3) is 4.83. The van der Waals surface area contributed by atoms with Crippen LogP contribution in [0.4, 0.5) is 0 Å². The number of carbonyl (C=O) groups is 1. The second kappa shape index (κ2) is 7.99. The van der Waals surface area contributed by atoms with Gasteiger partial charge in [0, 0.05) is 58.8 Å². The number of amides is 1. The summed E-state index contributed by atoms with van der Waals surface area (Å²) in [4.78, 5) is 21.0. The van der Waals surface area contributed by atoms with E-state index in [0.29, 0.717) is 11.8 Å². The number of guanidine groups is 1. The minimum atomic E-state index is 0.337. The number of carbonyl (C=O) groups excluding carboxylic acids is 1. The van der Waals surface area contributed by atoms with Crippen molar-refractivity contribution < 1.29 is 4.79 Å². The number of hydrogen-bond acceptors (Lipinski definition) is 3. The Morgan fingerprint density at radius 2 is 1.83 bits per heavy atom. The van der Waals surface area contributed by atoms with E-state index in [2.05, 4.69) is 25.4 Å². The Labute approximate surface area is 139 Å². The molecule has 0 aromatic heterocycles. The molecule has 3 fully saturated rings. The molecule has 0 spiro atoms. The van der Waals surface area contributed by atoms with Crippen LogP contribution in [-0.2, 0) is 4.79 Å². The second-order valence-electron chi connectivity index (χ2n) is 7.12. The molecule has 3 aliphatic rings. The number of hydrogen-bond donors (Lipinski definition) is 2. The maximum Gasteiger partial charge on any atom is 0.225 e. The molecule has 6 nitrogen and oxygen atoms in total. The van der Waals surface area contributed by atoms with Crippen molar-refractivity contribution >= 4 is 11.9 Å². The fourth-order valence-corrected chi connectivity index (χ4v) is 3.22. The molecule has 1 saturated heterocycles. The SMILES string of the molecule is CN=C(NCCN1CCN(C(=O)C2CCC2)CC1)NCC1CC1. The third-order valence-corrected chi connectivity index (χ3v) is 5.34. The largest absolute Gasteiger partial charge is 0.356 e. The summed E-state index contributed by atoms with van der Waals surface area (Å²) in [7, 11) is 1.83. The standard InChI is InChI=1S/C17H31N5O/c1-18-17(20-13-14-5-6-14)19-7-8-21-9-11-22(12-10-21)16(23)15-3-2-4-15/h14-15H,2-13H2,1H3,(H2,18,19,20). The molecule has 1 aliphatic heterocycles. The molecule has 2 saturated carbocycles. The summed E-state index contributed by atoms with van der Waals surface area (Å²) < 4.78 is 0. The summed E-state index contributed by atoms with van der Waals surface area (Å²) in [6.45, 7) is 6.73. The lowest BCUT2D eigenvalue weighted by atomic mass is 9.84. The highest BCUT2D eigenvalue weighted by molar-refractivity contribution is 5.80. The highest BCUT2D eigenvalue weighted by Gasteiger charge is 2.31. The summed E-state index contributed by atoms with van der Waals surface area (Å²) >= 11 is 0. The number of aliphatic imine (C=N–C) groups is 1. The monoisotopic (exact) mass is 321 g/mol. The van der Waals surface area contributed by atoms with Crippen LogP contribution in [0.3, 0.4) is 0 Å². The van der Waals surface area contributed by atoms with Crippen molar-refractivity contribution in [2.24, 2.45) is 16.8 Å². The van der Waals surface area contributed by atoms with Gasteiger partial charge in [-0.2, -0.15) is 0 Å². The molecular formula is C17H31N5O. The second-order valence-corrected chi connectivity index (χ2v) is 7.12. The van der Waals surface area contributed by atoms with Crippen molar-refractivity contribution in [1.29, 1.82) is 0 Å². The minimum absolute atomic E-state index is 0.337. The van der Waals surface area contributed by atoms with Crippen LogP contribution in [0, 0.1) is 11.8 Å². The van der Waals surface area contributed by atoms with E-state index < -0.39 is 0 Å². The normalized spacial score (nSPS) is 23.5. The van der Waals surface area contributed by atoms with Gasteiger partial charge in [-0.3, -0.25) is 14.7 Å². The molecule has 0 bridgehead atoms. The van der Waals surface area contributed by atoms with Gasteiger partial charge in [0.25, 0.3) is 0 Å². The Kier molecular flexibility index (Phi) is 5.75. The molecule has 23 heavy (non-hydrogen) atoms. The molecule has 2 aliphatic carbocycles. The first-order chi connectivity index (χ1) is 11.3. The Balaban J connectivity index is 1.28. The van der Waals surface area contributed by atoms with E-state index in [1.54, 1.807) is 0 Å². The maximum atomic E-state index is 12.2. The van der Waals surface area contributed by atoms with Crippen LogP contribution >= 0.6 is 0 Å². The molecule has 0 atom stereocenters. The molecule has 0 unspecified atom stereocenters. The highest BCUT2D eigenvalue weighted by atomic mass is 16.2. The van der Waals surface area contributed by atoms with E-state index in [9.17, 15) is 4.79 Å². The molecular weight excluding hydrogens is 290 g/mol. The van der Waals surface area contributed by atoms with Crippen molar-refractivity contribution in [1.82, 2.24) is 20.4 Å². The summed E-state index contributed by atoms with van der Waals surface area (Å²) in [6, 6.07) is 0. The summed E-state index contributed by atoms with van der Waals surface area (Å²) in [6.07, 6.45) is 6.16. The van der Waals surface area contributed by atoms with Crippen LogP contribution in [0.5, 0.6) is 0 Å². The van der Waals surface area contributed by atoms with Crippen LogP contribution in [-0.4, -0.2) is 74.5 Å². The van der Waals surface area contributed by atoms with Crippen LogP contribution in [0.25, 0.3) is 0 Å². The molecule has 6 heteroatoms. The van der Waals surface area contributed by atoms with Crippen LogP contribution in [0.2, 0.25) is 0 Å². The van der Waals surface area contributed by atoms with E-state index in [4.69, 9.17) is 0 Å². The zero-order valence-corrected chi connectivity index (χ0v) is 14.4. The molecule has 2 N–H and O–H groups in total. The summed E-state index contributed by atoms with van der Waals surface area (Å²) in [5, 5.41) is 6.77. The lowest BCUT2D eigenvalue weighted by molar-refractivity contribution is -0.139. The summed E-state index contributed by atoms with van der Waals surface area (Å²) in [5.74, 6) is 2.51. The lowest BCUT2D eigenvalue weighted by Crippen LogP contribution is -2.52. The predicted molar refractivity (Wildman–Crippen MR) is 92.4 cm³/mol. The average Bonchev–Trinajstić information content (AvgIpc) is 3.34. The topological polar surface area (TPSA) is 60.0 Å². The molecule has 0 aromatic rings. The van der Waals surface area contributed by atoms with E-state index in [1.807, 2.05) is 7.05 Å². The average molecular weight is 321 g/mol. The molecule has 130 valence electrons. The smallest absolute Gasteiger partial charge is 0.225 e. The lowest BCUT2D eigenvalue weighted by Gasteiger charge is -2.38. The number of nitrogens with zero attached hydrogens (tertiary/aromatic N) is 3. The Morgan fingerprint density at radius 3 is 2.39 bits per heavy atom. The molecule has 1 heterocycles. The van der Waals surface area contributed by atoms with Gasteiger partial charge in [-0.15, -0.1) is 0 Å². The van der Waals surface area contributed by atoms with Crippen LogP contribution in [0.15, 0.2) is 4.99 Å². The van der Waals surface area contributed by atoms with Crippen LogP contribution < -0.4 is 10.6 Å². The van der Waals surface area contributed by atoms with Crippen LogP contribution in [0.1, 0.15) is 32.1 Å². The number of rotatable bonds is 6. The Hall–Kier alpha value is -1.30. The Morgan fingerprint density at radius 1 is 1.09 bits per heavy atom. The van der Waals surface area contributed by atoms with Gasteiger partial charge < -0.3 is 15.5 Å². The molecule has 3 rings (SSSR count). The fourth-order valence-electron chi connectivity index (χ4n) is 3.22. The van der Waals surface area contributed by atoms with Crippen molar-refractivity contribution in [3.8, 4) is 0 Å². The molecule has 1 amide bonds. The van der Waals surface area contributed by atoms with E-state index in [0.717, 1.165) is 70.5 Å². The van der Waals surface area contributed by atoms with Gasteiger partial charge in [0.15, 0.2) is 5.96 Å². The van der Waals surface area contributed by atoms with Crippen molar-refractivity contribution in [2.45, 2.75) is 32.1 Å². The predicted octanol–water partition coefficient (Wildman–Crippen LogP) is 0.506. The summed E-state index contributed by atoms with van der Waals surface area (Å²) in [5.41, 5.74) is 0. The van der Waals surface area contributed by atoms with Gasteiger partial charge >= 0.3 is 0 Å². The zero-order chi connectivity index (χ0) is 16.1. The van der Waals surface area contributed by atoms with Crippen molar-refractivity contribution in [3.63, 3.8) is 0 Å².